The molecule has 3 heteroatoms. The number of benzene rings is 1. The Bertz CT molecular complexity index is 416. The molecule has 1 aromatic rings. The highest BCUT2D eigenvalue weighted by molar-refractivity contribution is 5.88. The second kappa shape index (κ2) is 4.78. The van der Waals surface area contributed by atoms with Crippen molar-refractivity contribution in [2.75, 3.05) is 5.32 Å². The van der Waals surface area contributed by atoms with Gasteiger partial charge in [0.05, 0.1) is 5.56 Å². The van der Waals surface area contributed by atoms with Crippen LogP contribution in [0.4, 0.5) is 5.69 Å². The molecule has 1 aliphatic rings. The first kappa shape index (κ1) is 12.0. The molecule has 0 bridgehead atoms. The normalized spacial score (nSPS) is 28.0. The van der Waals surface area contributed by atoms with E-state index in [0.29, 0.717) is 17.5 Å². The molecule has 0 heterocycles. The summed E-state index contributed by atoms with van der Waals surface area (Å²) in [4.78, 5) is 10.9. The third-order valence-electron chi connectivity index (χ3n) is 3.93. The number of rotatable bonds is 3. The van der Waals surface area contributed by atoms with Crippen LogP contribution in [-0.4, -0.2) is 17.1 Å². The third-order valence-corrected chi connectivity index (χ3v) is 3.93. The summed E-state index contributed by atoms with van der Waals surface area (Å²) in [5.41, 5.74) is 1.25. The van der Waals surface area contributed by atoms with Gasteiger partial charge in [0.2, 0.25) is 0 Å². The highest BCUT2D eigenvalue weighted by Crippen LogP contribution is 2.33. The van der Waals surface area contributed by atoms with Crippen LogP contribution < -0.4 is 5.32 Å². The Kier molecular flexibility index (Phi) is 3.36. The van der Waals surface area contributed by atoms with Crippen LogP contribution in [0.25, 0.3) is 0 Å². The quantitative estimate of drug-likeness (QED) is 0.842. The first-order valence-electron chi connectivity index (χ1n) is 6.18. The van der Waals surface area contributed by atoms with E-state index in [2.05, 4.69) is 19.2 Å². The molecule has 3 atom stereocenters. The Labute approximate surface area is 102 Å². The Balaban J connectivity index is 2.08. The van der Waals surface area contributed by atoms with Gasteiger partial charge in [0.15, 0.2) is 0 Å². The molecular weight excluding hydrogens is 214 g/mol. The van der Waals surface area contributed by atoms with Gasteiger partial charge in [0.25, 0.3) is 0 Å². The van der Waals surface area contributed by atoms with E-state index in [9.17, 15) is 4.79 Å². The van der Waals surface area contributed by atoms with Crippen molar-refractivity contribution < 1.29 is 9.90 Å². The van der Waals surface area contributed by atoms with Crippen LogP contribution in [0.1, 0.15) is 37.0 Å². The molecule has 0 radical (unpaired) electrons. The summed E-state index contributed by atoms with van der Waals surface area (Å²) in [6.45, 7) is 4.54. The lowest BCUT2D eigenvalue weighted by molar-refractivity contribution is 0.0697. The highest BCUT2D eigenvalue weighted by atomic mass is 16.4. The third kappa shape index (κ3) is 2.60. The first-order valence-corrected chi connectivity index (χ1v) is 6.18. The fraction of sp³-hybridized carbons (Fsp3) is 0.500. The molecular formula is C14H19NO2. The van der Waals surface area contributed by atoms with Gasteiger partial charge in [-0.25, -0.2) is 4.79 Å². The fourth-order valence-electron chi connectivity index (χ4n) is 2.52. The standard InChI is InChI=1S/C14H19NO2/c1-9-6-7-13(10(9)2)15-12-5-3-4-11(8-12)14(16)17/h3-5,8-10,13,15H,6-7H2,1-2H3,(H,16,17). The average Bonchev–Trinajstić information content (AvgIpc) is 2.61. The highest BCUT2D eigenvalue weighted by Gasteiger charge is 2.29. The van der Waals surface area contributed by atoms with Crippen molar-refractivity contribution in [2.45, 2.75) is 32.7 Å². The summed E-state index contributed by atoms with van der Waals surface area (Å²) in [6, 6.07) is 7.51. The maximum absolute atomic E-state index is 10.9. The summed E-state index contributed by atoms with van der Waals surface area (Å²) < 4.78 is 0. The van der Waals surface area contributed by atoms with Crippen LogP contribution in [0.15, 0.2) is 24.3 Å². The molecule has 0 spiro atoms. The zero-order chi connectivity index (χ0) is 12.4. The number of anilines is 1. The van der Waals surface area contributed by atoms with Gasteiger partial charge in [0.1, 0.15) is 0 Å². The van der Waals surface area contributed by atoms with Crippen LogP contribution in [0, 0.1) is 11.8 Å². The Morgan fingerprint density at radius 2 is 2.12 bits per heavy atom. The second-order valence-electron chi connectivity index (χ2n) is 5.05. The van der Waals surface area contributed by atoms with E-state index in [1.807, 2.05) is 6.07 Å². The minimum absolute atomic E-state index is 0.341. The zero-order valence-corrected chi connectivity index (χ0v) is 10.3. The molecule has 0 amide bonds. The topological polar surface area (TPSA) is 49.3 Å². The van der Waals surface area contributed by atoms with Gasteiger partial charge in [-0.05, 0) is 42.9 Å². The van der Waals surface area contributed by atoms with Crippen molar-refractivity contribution in [1.82, 2.24) is 0 Å². The maximum atomic E-state index is 10.9. The van der Waals surface area contributed by atoms with Crippen molar-refractivity contribution in [3.63, 3.8) is 0 Å². The van der Waals surface area contributed by atoms with Gasteiger partial charge in [0, 0.05) is 11.7 Å². The predicted molar refractivity (Wildman–Crippen MR) is 68.4 cm³/mol. The number of hydrogen-bond acceptors (Lipinski definition) is 2. The summed E-state index contributed by atoms with van der Waals surface area (Å²) in [5, 5.41) is 12.4. The van der Waals surface area contributed by atoms with Gasteiger partial charge in [-0.1, -0.05) is 19.9 Å². The molecule has 3 nitrogen and oxygen atoms in total. The Morgan fingerprint density at radius 3 is 2.71 bits per heavy atom. The molecule has 2 N–H and O–H groups in total. The van der Waals surface area contributed by atoms with E-state index in [4.69, 9.17) is 5.11 Å². The molecule has 2 rings (SSSR count). The Morgan fingerprint density at radius 1 is 1.35 bits per heavy atom. The van der Waals surface area contributed by atoms with E-state index in [1.165, 1.54) is 12.8 Å². The Hall–Kier alpha value is -1.51. The zero-order valence-electron chi connectivity index (χ0n) is 10.3. The van der Waals surface area contributed by atoms with Crippen molar-refractivity contribution in [3.8, 4) is 0 Å². The first-order chi connectivity index (χ1) is 8.08. The molecule has 1 saturated carbocycles. The van der Waals surface area contributed by atoms with E-state index < -0.39 is 5.97 Å². The molecule has 1 aliphatic carbocycles. The largest absolute Gasteiger partial charge is 0.478 e. The number of carboxylic acid groups (broad SMARTS) is 1. The van der Waals surface area contributed by atoms with Gasteiger partial charge < -0.3 is 10.4 Å². The van der Waals surface area contributed by atoms with Crippen LogP contribution in [-0.2, 0) is 0 Å². The van der Waals surface area contributed by atoms with Crippen LogP contribution in [0.3, 0.4) is 0 Å². The van der Waals surface area contributed by atoms with Gasteiger partial charge in [-0.2, -0.15) is 0 Å². The van der Waals surface area contributed by atoms with E-state index in [0.717, 1.165) is 11.6 Å². The summed E-state index contributed by atoms with van der Waals surface area (Å²) in [7, 11) is 0. The lowest BCUT2D eigenvalue weighted by Crippen LogP contribution is -2.24. The van der Waals surface area contributed by atoms with Crippen molar-refractivity contribution in [1.29, 1.82) is 0 Å². The predicted octanol–water partition coefficient (Wildman–Crippen LogP) is 3.23. The van der Waals surface area contributed by atoms with Gasteiger partial charge >= 0.3 is 5.97 Å². The van der Waals surface area contributed by atoms with E-state index in [1.54, 1.807) is 18.2 Å². The molecule has 0 saturated heterocycles. The lowest BCUT2D eigenvalue weighted by atomic mass is 9.97. The van der Waals surface area contributed by atoms with E-state index >= 15 is 0 Å². The maximum Gasteiger partial charge on any atom is 0.335 e. The SMILES string of the molecule is CC1CCC(Nc2cccc(C(=O)O)c2)C1C. The monoisotopic (exact) mass is 233 g/mol. The minimum Gasteiger partial charge on any atom is -0.478 e. The number of carboxylic acids is 1. The van der Waals surface area contributed by atoms with Gasteiger partial charge in [-0.15, -0.1) is 0 Å². The van der Waals surface area contributed by atoms with Crippen molar-refractivity contribution in [3.05, 3.63) is 29.8 Å². The number of carbonyl (C=O) groups is 1. The fourth-order valence-corrected chi connectivity index (χ4v) is 2.52. The van der Waals surface area contributed by atoms with Crippen molar-refractivity contribution in [2.24, 2.45) is 11.8 Å². The number of aromatic carboxylic acids is 1. The van der Waals surface area contributed by atoms with Crippen LogP contribution in [0.5, 0.6) is 0 Å². The molecule has 17 heavy (non-hydrogen) atoms. The molecule has 92 valence electrons. The molecule has 1 fully saturated rings. The van der Waals surface area contributed by atoms with Crippen molar-refractivity contribution >= 4 is 11.7 Å². The van der Waals surface area contributed by atoms with Gasteiger partial charge in [-0.3, -0.25) is 0 Å². The molecule has 1 aromatic carbocycles. The molecule has 3 unspecified atom stereocenters. The lowest BCUT2D eigenvalue weighted by Gasteiger charge is -2.21. The van der Waals surface area contributed by atoms with Crippen LogP contribution >= 0.6 is 0 Å². The smallest absolute Gasteiger partial charge is 0.335 e. The summed E-state index contributed by atoms with van der Waals surface area (Å²) in [5.74, 6) is 0.514. The average molecular weight is 233 g/mol. The molecule has 0 aromatic heterocycles. The minimum atomic E-state index is -0.874. The second-order valence-corrected chi connectivity index (χ2v) is 5.05. The van der Waals surface area contributed by atoms with E-state index in [-0.39, 0.29) is 0 Å². The number of nitrogens with one attached hydrogen (secondary N) is 1. The number of hydrogen-bond donors (Lipinski definition) is 2. The van der Waals surface area contributed by atoms with Crippen LogP contribution in [0.2, 0.25) is 0 Å². The molecule has 0 aliphatic heterocycles. The summed E-state index contributed by atoms with van der Waals surface area (Å²) in [6.07, 6.45) is 2.41. The summed E-state index contributed by atoms with van der Waals surface area (Å²) >= 11 is 0.